The first-order valence-electron chi connectivity index (χ1n) is 14.8. The number of hydrogen-bond acceptors (Lipinski definition) is 7. The van der Waals surface area contributed by atoms with Crippen LogP contribution in [0.2, 0.25) is 5.15 Å². The number of carbonyl (C=O) groups excluding carboxylic acids is 1. The molecular weight excluding hydrogens is 563 g/mol. The standard InChI is InChI=1S/C34H36BClN2O5/c1-18-14-24(32-25(15-18)30(40)19(2)31(41-32)21-8-9-21)20(3)37-27-12-13-28(36)38-29(27)22-10-11-26(23(16-22)17-39)35-42-33(4,5)34(6,7)43-35/h10-17,20-21,37H,8-9H2,1-7H3. The number of carbonyl (C=O) groups is 1. The Labute approximate surface area is 257 Å². The van der Waals surface area contributed by atoms with E-state index in [-0.39, 0.29) is 11.5 Å². The molecule has 9 heteroatoms. The molecule has 4 aromatic rings. The first-order valence-corrected chi connectivity index (χ1v) is 15.1. The molecule has 1 unspecified atom stereocenters. The van der Waals surface area contributed by atoms with Gasteiger partial charge in [0.25, 0.3) is 0 Å². The largest absolute Gasteiger partial charge is 0.495 e. The summed E-state index contributed by atoms with van der Waals surface area (Å²) in [5.74, 6) is 1.11. The molecule has 2 aromatic carbocycles. The van der Waals surface area contributed by atoms with Crippen molar-refractivity contribution in [3.8, 4) is 11.3 Å². The monoisotopic (exact) mass is 598 g/mol. The van der Waals surface area contributed by atoms with E-state index in [2.05, 4.69) is 16.4 Å². The van der Waals surface area contributed by atoms with Gasteiger partial charge in [-0.05, 0) is 96.6 Å². The Morgan fingerprint density at radius 2 is 1.74 bits per heavy atom. The summed E-state index contributed by atoms with van der Waals surface area (Å²) < 4.78 is 18.9. The number of rotatable bonds is 7. The van der Waals surface area contributed by atoms with Crippen molar-refractivity contribution in [3.63, 3.8) is 0 Å². The van der Waals surface area contributed by atoms with Crippen LogP contribution in [0.15, 0.2) is 51.7 Å². The van der Waals surface area contributed by atoms with Crippen molar-refractivity contribution >= 4 is 47.1 Å². The van der Waals surface area contributed by atoms with Gasteiger partial charge in [-0.25, -0.2) is 4.98 Å². The van der Waals surface area contributed by atoms with Crippen LogP contribution in [0.3, 0.4) is 0 Å². The number of nitrogens with one attached hydrogen (secondary N) is 1. The molecule has 2 aromatic heterocycles. The maximum Gasteiger partial charge on any atom is 0.495 e. The molecule has 43 heavy (non-hydrogen) atoms. The zero-order chi connectivity index (χ0) is 30.8. The molecule has 3 heterocycles. The number of benzene rings is 2. The van der Waals surface area contributed by atoms with Gasteiger partial charge in [-0.2, -0.15) is 0 Å². The molecule has 0 amide bonds. The number of anilines is 1. The number of aromatic nitrogens is 1. The minimum absolute atomic E-state index is 0.0256. The predicted octanol–water partition coefficient (Wildman–Crippen LogP) is 7.29. The van der Waals surface area contributed by atoms with Gasteiger partial charge in [0, 0.05) is 28.2 Å². The van der Waals surface area contributed by atoms with Crippen LogP contribution in [0.4, 0.5) is 5.69 Å². The average molecular weight is 599 g/mol. The lowest BCUT2D eigenvalue weighted by Gasteiger charge is -2.32. The van der Waals surface area contributed by atoms with E-state index in [9.17, 15) is 9.59 Å². The molecule has 1 N–H and O–H groups in total. The molecule has 7 nitrogen and oxygen atoms in total. The molecule has 1 aliphatic carbocycles. The number of fused-ring (bicyclic) bond motifs is 1. The fourth-order valence-electron chi connectivity index (χ4n) is 5.73. The minimum atomic E-state index is -0.669. The van der Waals surface area contributed by atoms with Crippen LogP contribution in [-0.2, 0) is 9.31 Å². The fourth-order valence-corrected chi connectivity index (χ4v) is 5.88. The van der Waals surface area contributed by atoms with Gasteiger partial charge >= 0.3 is 7.12 Å². The lowest BCUT2D eigenvalue weighted by atomic mass is 9.75. The van der Waals surface area contributed by atoms with Gasteiger partial charge in [0.15, 0.2) is 5.43 Å². The third-order valence-electron chi connectivity index (χ3n) is 9.07. The summed E-state index contributed by atoms with van der Waals surface area (Å²) in [6, 6.07) is 12.8. The molecule has 222 valence electrons. The Bertz CT molecular complexity index is 1810. The van der Waals surface area contributed by atoms with E-state index in [4.69, 9.17) is 25.3 Å². The van der Waals surface area contributed by atoms with Gasteiger partial charge < -0.3 is 19.0 Å². The number of pyridine rings is 1. The van der Waals surface area contributed by atoms with E-state index in [1.807, 2.05) is 72.7 Å². The first kappa shape index (κ1) is 29.6. The molecule has 2 fully saturated rings. The molecule has 0 spiro atoms. The summed E-state index contributed by atoms with van der Waals surface area (Å²) in [5, 5.41) is 4.50. The van der Waals surface area contributed by atoms with E-state index >= 15 is 0 Å². The average Bonchev–Trinajstić information content (AvgIpc) is 3.77. The maximum absolute atomic E-state index is 13.3. The van der Waals surface area contributed by atoms with Crippen LogP contribution >= 0.6 is 11.6 Å². The number of halogens is 1. The predicted molar refractivity (Wildman–Crippen MR) is 172 cm³/mol. The van der Waals surface area contributed by atoms with Gasteiger partial charge in [0.1, 0.15) is 22.8 Å². The molecule has 1 saturated heterocycles. The Morgan fingerprint density at radius 3 is 2.40 bits per heavy atom. The molecule has 2 aliphatic rings. The highest BCUT2D eigenvalue weighted by atomic mass is 35.5. The fraction of sp³-hybridized carbons (Fsp3) is 0.382. The van der Waals surface area contributed by atoms with E-state index in [1.165, 1.54) is 0 Å². The Balaban J connectivity index is 1.38. The van der Waals surface area contributed by atoms with E-state index in [0.29, 0.717) is 49.9 Å². The maximum atomic E-state index is 13.3. The van der Waals surface area contributed by atoms with Gasteiger partial charge in [0.05, 0.1) is 34.0 Å². The van der Waals surface area contributed by atoms with Crippen molar-refractivity contribution in [2.75, 3.05) is 5.32 Å². The SMILES string of the molecule is Cc1cc(C(C)Nc2ccc(Cl)nc2-c2ccc(B3OC(C)(C)C(C)(C)O3)c(C=O)c2)c2oc(C3CC3)c(C)c(=O)c2c1. The second-order valence-corrected chi connectivity index (χ2v) is 13.3. The summed E-state index contributed by atoms with van der Waals surface area (Å²) in [4.78, 5) is 30.3. The van der Waals surface area contributed by atoms with Gasteiger partial charge in [0.2, 0.25) is 0 Å². The highest BCUT2D eigenvalue weighted by Crippen LogP contribution is 2.43. The summed E-state index contributed by atoms with van der Waals surface area (Å²) in [6.07, 6.45) is 2.89. The quantitative estimate of drug-likeness (QED) is 0.136. The topological polar surface area (TPSA) is 90.7 Å². The van der Waals surface area contributed by atoms with Crippen molar-refractivity contribution in [1.29, 1.82) is 0 Å². The van der Waals surface area contributed by atoms with Gasteiger partial charge in [-0.3, -0.25) is 9.59 Å². The summed E-state index contributed by atoms with van der Waals surface area (Å²) >= 11 is 6.38. The first-order chi connectivity index (χ1) is 20.3. The van der Waals surface area contributed by atoms with Crippen LogP contribution in [0.25, 0.3) is 22.2 Å². The van der Waals surface area contributed by atoms with Crippen LogP contribution in [0.1, 0.15) is 92.2 Å². The lowest BCUT2D eigenvalue weighted by Crippen LogP contribution is -2.41. The zero-order valence-electron chi connectivity index (χ0n) is 25.6. The van der Waals surface area contributed by atoms with Crippen LogP contribution in [0, 0.1) is 13.8 Å². The molecule has 1 saturated carbocycles. The third-order valence-corrected chi connectivity index (χ3v) is 9.28. The van der Waals surface area contributed by atoms with Crippen LogP contribution < -0.4 is 16.2 Å². The summed E-state index contributed by atoms with van der Waals surface area (Å²) in [6.45, 7) is 13.8. The van der Waals surface area contributed by atoms with E-state index in [0.717, 1.165) is 41.7 Å². The molecule has 6 rings (SSSR count). The van der Waals surface area contributed by atoms with Crippen molar-refractivity contribution in [2.24, 2.45) is 0 Å². The highest BCUT2D eigenvalue weighted by molar-refractivity contribution is 6.63. The normalized spacial score (nSPS) is 18.2. The third kappa shape index (κ3) is 5.30. The smallest absolute Gasteiger partial charge is 0.460 e. The van der Waals surface area contributed by atoms with Crippen LogP contribution in [-0.4, -0.2) is 29.6 Å². The van der Waals surface area contributed by atoms with E-state index < -0.39 is 18.3 Å². The molecule has 0 bridgehead atoms. The summed E-state index contributed by atoms with van der Waals surface area (Å²) in [7, 11) is -0.669. The van der Waals surface area contributed by atoms with Crippen LogP contribution in [0.5, 0.6) is 0 Å². The Morgan fingerprint density at radius 1 is 1.05 bits per heavy atom. The number of nitrogens with zero attached hydrogens (tertiary/aromatic N) is 1. The zero-order valence-corrected chi connectivity index (χ0v) is 26.4. The van der Waals surface area contributed by atoms with E-state index in [1.54, 1.807) is 12.1 Å². The summed E-state index contributed by atoms with van der Waals surface area (Å²) in [5.41, 5.74) is 5.28. The van der Waals surface area contributed by atoms with Gasteiger partial charge in [-0.1, -0.05) is 29.8 Å². The second kappa shape index (κ2) is 10.6. The lowest BCUT2D eigenvalue weighted by molar-refractivity contribution is 0.00578. The molecular formula is C34H36BClN2O5. The minimum Gasteiger partial charge on any atom is -0.460 e. The number of hydrogen-bond donors (Lipinski definition) is 1. The molecule has 1 aliphatic heterocycles. The molecule has 1 atom stereocenters. The number of aryl methyl sites for hydroxylation is 1. The Hall–Kier alpha value is -3.46. The number of aldehydes is 1. The van der Waals surface area contributed by atoms with Crippen molar-refractivity contribution in [1.82, 2.24) is 4.98 Å². The van der Waals surface area contributed by atoms with Gasteiger partial charge in [-0.15, -0.1) is 0 Å². The molecule has 0 radical (unpaired) electrons. The Kier molecular flexibility index (Phi) is 7.31. The highest BCUT2D eigenvalue weighted by Gasteiger charge is 2.52. The van der Waals surface area contributed by atoms with Crippen molar-refractivity contribution < 1.29 is 18.5 Å². The van der Waals surface area contributed by atoms with Crippen molar-refractivity contribution in [2.45, 2.75) is 84.5 Å². The second-order valence-electron chi connectivity index (χ2n) is 12.9. The van der Waals surface area contributed by atoms with Crippen molar-refractivity contribution in [3.05, 3.63) is 85.9 Å².